The van der Waals surface area contributed by atoms with Crippen LogP contribution in [0.15, 0.2) is 30.5 Å². The monoisotopic (exact) mass is 425 g/mol. The Hall–Kier alpha value is -3.49. The average molecular weight is 425 g/mol. The smallest absolute Gasteiger partial charge is 0.341 e. The number of hydrogen-bond acceptors (Lipinski definition) is 6. The normalized spacial score (nSPS) is 14.2. The van der Waals surface area contributed by atoms with E-state index in [4.69, 9.17) is 4.74 Å². The van der Waals surface area contributed by atoms with Gasteiger partial charge in [0.05, 0.1) is 23.4 Å². The average Bonchev–Trinajstić information content (AvgIpc) is 3.06. The zero-order valence-corrected chi connectivity index (χ0v) is 17.8. The highest BCUT2D eigenvalue weighted by molar-refractivity contribution is 6.05. The molecule has 0 spiro atoms. The summed E-state index contributed by atoms with van der Waals surface area (Å²) in [7, 11) is 1.81. The molecule has 1 aliphatic heterocycles. The fourth-order valence-corrected chi connectivity index (χ4v) is 4.02. The molecule has 0 radical (unpaired) electrons. The Morgan fingerprint density at radius 3 is 2.61 bits per heavy atom. The number of esters is 1. The number of piperazine rings is 1. The van der Waals surface area contributed by atoms with Crippen LogP contribution >= 0.6 is 0 Å². The molecular weight excluding hydrogens is 401 g/mol. The largest absolute Gasteiger partial charge is 0.462 e. The van der Waals surface area contributed by atoms with Crippen molar-refractivity contribution in [2.24, 2.45) is 7.05 Å². The fourth-order valence-electron chi connectivity index (χ4n) is 4.02. The van der Waals surface area contributed by atoms with Gasteiger partial charge in [-0.15, -0.1) is 0 Å². The summed E-state index contributed by atoms with van der Waals surface area (Å²) in [6.45, 7) is 5.82. The van der Waals surface area contributed by atoms with Crippen molar-refractivity contribution in [2.75, 3.05) is 37.7 Å². The molecule has 9 heteroatoms. The second-order valence-electron chi connectivity index (χ2n) is 7.44. The van der Waals surface area contributed by atoms with E-state index in [0.717, 1.165) is 16.8 Å². The van der Waals surface area contributed by atoms with E-state index in [2.05, 4.69) is 15.0 Å². The van der Waals surface area contributed by atoms with E-state index in [1.807, 2.05) is 14.0 Å². The number of carbonyl (C=O) groups is 2. The number of carbonyl (C=O) groups excluding carboxylic acids is 2. The van der Waals surface area contributed by atoms with Crippen LogP contribution in [0.5, 0.6) is 0 Å². The van der Waals surface area contributed by atoms with Crippen LogP contribution in [-0.4, -0.2) is 64.3 Å². The molecule has 0 atom stereocenters. The topological polar surface area (TPSA) is 80.6 Å². The van der Waals surface area contributed by atoms with Crippen molar-refractivity contribution >= 4 is 28.6 Å². The molecule has 1 aliphatic rings. The molecule has 0 bridgehead atoms. The van der Waals surface area contributed by atoms with E-state index >= 15 is 0 Å². The minimum atomic E-state index is -0.437. The predicted molar refractivity (Wildman–Crippen MR) is 114 cm³/mol. The second-order valence-corrected chi connectivity index (χ2v) is 7.44. The number of nitrogens with zero attached hydrogens (tertiary/aromatic N) is 5. The minimum Gasteiger partial charge on any atom is -0.462 e. The molecule has 1 saturated heterocycles. The van der Waals surface area contributed by atoms with Gasteiger partial charge in [0.25, 0.3) is 5.91 Å². The van der Waals surface area contributed by atoms with E-state index < -0.39 is 11.8 Å². The molecule has 8 nitrogen and oxygen atoms in total. The molecule has 31 heavy (non-hydrogen) atoms. The number of aryl methyl sites for hydroxylation is 2. The lowest BCUT2D eigenvalue weighted by Crippen LogP contribution is -2.49. The summed E-state index contributed by atoms with van der Waals surface area (Å²) in [5.74, 6) is -1.08. The number of benzene rings is 1. The first kappa shape index (κ1) is 20.8. The quantitative estimate of drug-likeness (QED) is 0.598. The molecule has 0 unspecified atom stereocenters. The molecular formula is C22H24FN5O3. The first-order valence-electron chi connectivity index (χ1n) is 10.2. The number of pyridine rings is 1. The molecule has 1 fully saturated rings. The van der Waals surface area contributed by atoms with Gasteiger partial charge in [0.1, 0.15) is 11.4 Å². The van der Waals surface area contributed by atoms with Crippen LogP contribution < -0.4 is 4.90 Å². The third-order valence-electron chi connectivity index (χ3n) is 5.45. The maximum absolute atomic E-state index is 13.5. The third-order valence-corrected chi connectivity index (χ3v) is 5.45. The highest BCUT2D eigenvalue weighted by Crippen LogP contribution is 2.33. The summed E-state index contributed by atoms with van der Waals surface area (Å²) in [4.78, 5) is 33.6. The summed E-state index contributed by atoms with van der Waals surface area (Å²) >= 11 is 0. The van der Waals surface area contributed by atoms with Crippen LogP contribution in [0.4, 0.5) is 10.1 Å². The number of anilines is 1. The van der Waals surface area contributed by atoms with Gasteiger partial charge in [-0.2, -0.15) is 5.10 Å². The molecule has 1 aromatic carbocycles. The lowest BCUT2D eigenvalue weighted by molar-refractivity contribution is 0.0525. The Morgan fingerprint density at radius 1 is 1.19 bits per heavy atom. The van der Waals surface area contributed by atoms with E-state index in [-0.39, 0.29) is 12.5 Å². The van der Waals surface area contributed by atoms with Gasteiger partial charge >= 0.3 is 5.97 Å². The molecule has 162 valence electrons. The second kappa shape index (κ2) is 8.33. The predicted octanol–water partition coefficient (Wildman–Crippen LogP) is 2.55. The molecule has 3 aromatic rings. The number of rotatable bonds is 4. The van der Waals surface area contributed by atoms with Crippen LogP contribution in [-0.2, 0) is 11.8 Å². The number of hydrogen-bond donors (Lipinski definition) is 0. The number of aromatic nitrogens is 3. The Kier molecular flexibility index (Phi) is 5.58. The van der Waals surface area contributed by atoms with E-state index in [0.29, 0.717) is 43.0 Å². The van der Waals surface area contributed by atoms with Gasteiger partial charge in [-0.1, -0.05) is 6.07 Å². The summed E-state index contributed by atoms with van der Waals surface area (Å²) in [6.07, 6.45) is 1.53. The molecule has 4 rings (SSSR count). The van der Waals surface area contributed by atoms with Crippen molar-refractivity contribution < 1.29 is 18.7 Å². The SMILES string of the molecule is CCOC(=O)c1cnc2c(c(C)nn2C)c1N1CCN(C(=O)c2cccc(F)c2)CC1. The Morgan fingerprint density at radius 2 is 1.94 bits per heavy atom. The Labute approximate surface area is 179 Å². The standard InChI is InChI=1S/C22H24FN5O3/c1-4-31-22(30)17-13-24-20-18(14(2)25-26(20)3)19(17)27-8-10-28(11-9-27)21(29)15-6-5-7-16(23)12-15/h5-7,12-13H,4,8-11H2,1-3H3. The zero-order valence-electron chi connectivity index (χ0n) is 17.8. The summed E-state index contributed by atoms with van der Waals surface area (Å²) in [5.41, 5.74) is 2.89. The van der Waals surface area contributed by atoms with E-state index in [1.165, 1.54) is 24.4 Å². The Bertz CT molecular complexity index is 1150. The van der Waals surface area contributed by atoms with Crippen LogP contribution in [0.25, 0.3) is 11.0 Å². The lowest BCUT2D eigenvalue weighted by Gasteiger charge is -2.37. The van der Waals surface area contributed by atoms with Crippen molar-refractivity contribution in [1.82, 2.24) is 19.7 Å². The first-order valence-corrected chi connectivity index (χ1v) is 10.2. The fraction of sp³-hybridized carbons (Fsp3) is 0.364. The molecule has 2 aromatic heterocycles. The third kappa shape index (κ3) is 3.83. The van der Waals surface area contributed by atoms with Crippen molar-refractivity contribution in [3.05, 3.63) is 53.1 Å². The summed E-state index contributed by atoms with van der Waals surface area (Å²) in [5, 5.41) is 5.26. The lowest BCUT2D eigenvalue weighted by atomic mass is 10.1. The molecule has 0 aliphatic carbocycles. The molecule has 0 N–H and O–H groups in total. The van der Waals surface area contributed by atoms with Gasteiger partial charge in [0, 0.05) is 45.0 Å². The van der Waals surface area contributed by atoms with Crippen molar-refractivity contribution in [3.8, 4) is 0 Å². The van der Waals surface area contributed by atoms with Crippen LogP contribution in [0.3, 0.4) is 0 Å². The number of fused-ring (bicyclic) bond motifs is 1. The van der Waals surface area contributed by atoms with Gasteiger partial charge in [-0.05, 0) is 32.0 Å². The number of amides is 1. The number of ether oxygens (including phenoxy) is 1. The van der Waals surface area contributed by atoms with Gasteiger partial charge in [-0.3, -0.25) is 9.48 Å². The zero-order chi connectivity index (χ0) is 22.1. The van der Waals surface area contributed by atoms with E-state index in [1.54, 1.807) is 22.6 Å². The highest BCUT2D eigenvalue weighted by Gasteiger charge is 2.29. The van der Waals surface area contributed by atoms with E-state index in [9.17, 15) is 14.0 Å². The highest BCUT2D eigenvalue weighted by atomic mass is 19.1. The van der Waals surface area contributed by atoms with Crippen LogP contribution in [0.1, 0.15) is 33.3 Å². The summed E-state index contributed by atoms with van der Waals surface area (Å²) in [6, 6.07) is 5.71. The molecule has 3 heterocycles. The van der Waals surface area contributed by atoms with Crippen molar-refractivity contribution in [2.45, 2.75) is 13.8 Å². The van der Waals surface area contributed by atoms with Gasteiger partial charge in [0.15, 0.2) is 5.65 Å². The van der Waals surface area contributed by atoms with Gasteiger partial charge in [0.2, 0.25) is 0 Å². The van der Waals surface area contributed by atoms with Crippen molar-refractivity contribution in [1.29, 1.82) is 0 Å². The minimum absolute atomic E-state index is 0.206. The summed E-state index contributed by atoms with van der Waals surface area (Å²) < 4.78 is 20.5. The maximum Gasteiger partial charge on any atom is 0.341 e. The first-order chi connectivity index (χ1) is 14.9. The molecule has 0 saturated carbocycles. The van der Waals surface area contributed by atoms with Crippen molar-refractivity contribution in [3.63, 3.8) is 0 Å². The Balaban J connectivity index is 1.64. The molecule has 1 amide bonds. The van der Waals surface area contributed by atoms with Gasteiger partial charge < -0.3 is 14.5 Å². The van der Waals surface area contributed by atoms with Crippen LogP contribution in [0.2, 0.25) is 0 Å². The maximum atomic E-state index is 13.5. The van der Waals surface area contributed by atoms with Gasteiger partial charge in [-0.25, -0.2) is 14.2 Å². The number of halogens is 1. The van der Waals surface area contributed by atoms with Crippen LogP contribution in [0, 0.1) is 12.7 Å².